The monoisotopic (exact) mass is 465 g/mol. The molecule has 4 aromatic carbocycles. The van der Waals surface area contributed by atoms with Gasteiger partial charge in [-0.15, -0.1) is 0 Å². The van der Waals surface area contributed by atoms with Crippen molar-refractivity contribution in [3.63, 3.8) is 0 Å². The van der Waals surface area contributed by atoms with E-state index in [1.165, 1.54) is 11.8 Å². The maximum absolute atomic E-state index is 12.9. The minimum atomic E-state index is -0.340. The molecule has 0 fully saturated rings. The van der Waals surface area contributed by atoms with Gasteiger partial charge in [-0.2, -0.15) is 0 Å². The Labute approximate surface area is 203 Å². The third-order valence-corrected chi connectivity index (χ3v) is 6.59. The third kappa shape index (κ3) is 5.00. The van der Waals surface area contributed by atoms with Crippen molar-refractivity contribution in [2.45, 2.75) is 23.6 Å². The van der Waals surface area contributed by atoms with Gasteiger partial charge in [-0.1, -0.05) is 65.4 Å². The van der Waals surface area contributed by atoms with Crippen LogP contribution in [0.3, 0.4) is 0 Å². The number of ketones is 2. The van der Waals surface area contributed by atoms with E-state index < -0.39 is 0 Å². The highest BCUT2D eigenvalue weighted by Crippen LogP contribution is 2.29. The van der Waals surface area contributed by atoms with Gasteiger partial charge in [0.15, 0.2) is 11.5 Å². The Morgan fingerprint density at radius 2 is 1.12 bits per heavy atom. The van der Waals surface area contributed by atoms with Crippen molar-refractivity contribution in [1.82, 2.24) is 0 Å². The van der Waals surface area contributed by atoms with Crippen LogP contribution in [0.2, 0.25) is 0 Å². The van der Waals surface area contributed by atoms with Crippen LogP contribution in [0.1, 0.15) is 43.0 Å². The second-order valence-corrected chi connectivity index (χ2v) is 9.03. The maximum atomic E-state index is 12.9. The van der Waals surface area contributed by atoms with Crippen molar-refractivity contribution in [1.29, 1.82) is 0 Å². The Kier molecular flexibility index (Phi) is 7.04. The fourth-order valence-electron chi connectivity index (χ4n) is 3.66. The summed E-state index contributed by atoms with van der Waals surface area (Å²) < 4.78 is 0. The second-order valence-electron chi connectivity index (χ2n) is 7.89. The molecule has 0 amide bonds. The molecule has 0 bridgehead atoms. The van der Waals surface area contributed by atoms with Gasteiger partial charge in [0.25, 0.3) is 0 Å². The molecule has 0 saturated heterocycles. The molecule has 4 nitrogen and oxygen atoms in total. The van der Waals surface area contributed by atoms with Gasteiger partial charge in [-0.05, 0) is 73.5 Å². The number of aryl methyl sites for hydroxylation is 2. The summed E-state index contributed by atoms with van der Waals surface area (Å²) in [4.78, 5) is 27.6. The molecule has 0 aliphatic carbocycles. The molecule has 0 heterocycles. The van der Waals surface area contributed by atoms with Crippen molar-refractivity contribution < 1.29 is 14.8 Å². The fraction of sp³-hybridized carbons (Fsp3) is 0.0690. The summed E-state index contributed by atoms with van der Waals surface area (Å²) in [7, 11) is 0. The van der Waals surface area contributed by atoms with Gasteiger partial charge in [-0.25, -0.2) is 0 Å². The van der Waals surface area contributed by atoms with Crippen molar-refractivity contribution in [3.8, 4) is 0 Å². The van der Waals surface area contributed by atoms with E-state index in [4.69, 9.17) is 0 Å². The summed E-state index contributed by atoms with van der Waals surface area (Å²) in [6.45, 7) is 3.80. The standard InChI is InChI=1S/C29H23NO3S/c1-19-7-3-5-9-25(19)27(30-33)29(32)22-13-17-24(18-14-22)34-23-15-11-21(12-16-23)28(31)26-10-6-4-8-20(26)2/h3-18,33H,1-2H3/b30-27-. The first kappa shape index (κ1) is 23.2. The lowest BCUT2D eigenvalue weighted by molar-refractivity contribution is 0.103. The minimum Gasteiger partial charge on any atom is -0.410 e. The zero-order chi connectivity index (χ0) is 24.1. The zero-order valence-corrected chi connectivity index (χ0v) is 19.7. The van der Waals surface area contributed by atoms with Crippen molar-refractivity contribution in [2.24, 2.45) is 5.16 Å². The number of carbonyl (C=O) groups is 2. The molecule has 0 spiro atoms. The topological polar surface area (TPSA) is 66.7 Å². The second kappa shape index (κ2) is 10.3. The first-order valence-corrected chi connectivity index (χ1v) is 11.6. The molecule has 0 aliphatic heterocycles. The molecule has 0 unspecified atom stereocenters. The average Bonchev–Trinajstić information content (AvgIpc) is 2.86. The molecule has 0 saturated carbocycles. The quantitative estimate of drug-likeness (QED) is 0.142. The smallest absolute Gasteiger partial charge is 0.215 e. The van der Waals surface area contributed by atoms with E-state index >= 15 is 0 Å². The number of benzene rings is 4. The Hall–Kier alpha value is -3.96. The Bertz CT molecular complexity index is 1370. The number of hydrogen-bond donors (Lipinski definition) is 1. The van der Waals surface area contributed by atoms with Crippen LogP contribution in [0, 0.1) is 13.8 Å². The van der Waals surface area contributed by atoms with Crippen LogP contribution in [-0.4, -0.2) is 22.5 Å². The molecule has 0 aliphatic rings. The molecule has 5 heteroatoms. The van der Waals surface area contributed by atoms with Gasteiger partial charge in [0, 0.05) is 32.0 Å². The highest BCUT2D eigenvalue weighted by Gasteiger charge is 2.18. The molecular formula is C29H23NO3S. The van der Waals surface area contributed by atoms with Gasteiger partial charge >= 0.3 is 0 Å². The van der Waals surface area contributed by atoms with Crippen LogP contribution in [-0.2, 0) is 0 Å². The Morgan fingerprint density at radius 1 is 0.647 bits per heavy atom. The van der Waals surface area contributed by atoms with Gasteiger partial charge in [0.05, 0.1) is 0 Å². The first-order chi connectivity index (χ1) is 16.5. The summed E-state index contributed by atoms with van der Waals surface area (Å²) in [5.41, 5.74) is 4.24. The summed E-state index contributed by atoms with van der Waals surface area (Å²) >= 11 is 1.54. The first-order valence-electron chi connectivity index (χ1n) is 10.8. The summed E-state index contributed by atoms with van der Waals surface area (Å²) in [6, 6.07) is 29.6. The van der Waals surface area contributed by atoms with Gasteiger partial charge in [0.1, 0.15) is 0 Å². The molecule has 0 atom stereocenters. The van der Waals surface area contributed by atoms with Crippen molar-refractivity contribution in [3.05, 3.63) is 130 Å². The number of nitrogens with zero attached hydrogens (tertiary/aromatic N) is 1. The predicted octanol–water partition coefficient (Wildman–Crippen LogP) is 6.75. The Balaban J connectivity index is 1.47. The van der Waals surface area contributed by atoms with Crippen LogP contribution in [0.5, 0.6) is 0 Å². The molecule has 4 aromatic rings. The maximum Gasteiger partial charge on any atom is 0.215 e. The van der Waals surface area contributed by atoms with Gasteiger partial charge in [0.2, 0.25) is 5.78 Å². The lowest BCUT2D eigenvalue weighted by atomic mass is 9.97. The van der Waals surface area contributed by atoms with E-state index in [0.29, 0.717) is 22.3 Å². The number of carbonyl (C=O) groups excluding carboxylic acids is 2. The molecule has 4 rings (SSSR count). The minimum absolute atomic E-state index is 0.00696. The van der Waals surface area contributed by atoms with Gasteiger partial charge < -0.3 is 5.21 Å². The van der Waals surface area contributed by atoms with Gasteiger partial charge in [-0.3, -0.25) is 9.59 Å². The largest absolute Gasteiger partial charge is 0.410 e. The normalized spacial score (nSPS) is 11.3. The van der Waals surface area contributed by atoms with Crippen molar-refractivity contribution >= 4 is 29.0 Å². The van der Waals surface area contributed by atoms with Crippen molar-refractivity contribution in [2.75, 3.05) is 0 Å². The molecule has 0 aromatic heterocycles. The fourth-order valence-corrected chi connectivity index (χ4v) is 4.48. The van der Waals surface area contributed by atoms with Crippen LogP contribution < -0.4 is 0 Å². The number of rotatable bonds is 7. The molecule has 168 valence electrons. The SMILES string of the molecule is Cc1ccccc1C(=O)c1ccc(Sc2ccc(C(=O)/C(=N\O)c3ccccc3C)cc2)cc1. The molecule has 34 heavy (non-hydrogen) atoms. The van der Waals surface area contributed by atoms with E-state index in [0.717, 1.165) is 20.9 Å². The number of oxime groups is 1. The van der Waals surface area contributed by atoms with Crippen LogP contribution in [0.15, 0.2) is 112 Å². The molecular weight excluding hydrogens is 442 g/mol. The van der Waals surface area contributed by atoms with Crippen LogP contribution >= 0.6 is 11.8 Å². The van der Waals surface area contributed by atoms with Crippen LogP contribution in [0.4, 0.5) is 0 Å². The Morgan fingerprint density at radius 3 is 1.62 bits per heavy atom. The van der Waals surface area contributed by atoms with Crippen LogP contribution in [0.25, 0.3) is 0 Å². The number of Topliss-reactive ketones (excluding diaryl/α,β-unsaturated/α-hetero) is 1. The molecule has 0 radical (unpaired) electrons. The lowest BCUT2D eigenvalue weighted by Gasteiger charge is -2.08. The van der Waals surface area contributed by atoms with E-state index in [-0.39, 0.29) is 17.3 Å². The zero-order valence-electron chi connectivity index (χ0n) is 18.9. The third-order valence-electron chi connectivity index (χ3n) is 5.57. The highest BCUT2D eigenvalue weighted by molar-refractivity contribution is 7.99. The summed E-state index contributed by atoms with van der Waals surface area (Å²) in [6.07, 6.45) is 0. The van der Waals surface area contributed by atoms with E-state index in [9.17, 15) is 14.8 Å². The molecule has 1 N–H and O–H groups in total. The van der Waals surface area contributed by atoms with E-state index in [1.54, 1.807) is 24.3 Å². The van der Waals surface area contributed by atoms with E-state index in [2.05, 4.69) is 5.16 Å². The summed E-state index contributed by atoms with van der Waals surface area (Å²) in [5.74, 6) is -0.333. The average molecular weight is 466 g/mol. The lowest BCUT2D eigenvalue weighted by Crippen LogP contribution is -2.17. The highest BCUT2D eigenvalue weighted by atomic mass is 32.2. The summed E-state index contributed by atoms with van der Waals surface area (Å²) in [5, 5.41) is 12.7. The predicted molar refractivity (Wildman–Crippen MR) is 135 cm³/mol. The van der Waals surface area contributed by atoms with E-state index in [1.807, 2.05) is 86.6 Å². The number of hydrogen-bond acceptors (Lipinski definition) is 5.